The van der Waals surface area contributed by atoms with Crippen LogP contribution in [0.3, 0.4) is 0 Å². The van der Waals surface area contributed by atoms with Crippen molar-refractivity contribution in [2.24, 2.45) is 9.98 Å². The van der Waals surface area contributed by atoms with Gasteiger partial charge in [-0.2, -0.15) is 0 Å². The number of rotatable bonds is 10. The van der Waals surface area contributed by atoms with Crippen LogP contribution in [-0.4, -0.2) is 94.7 Å². The Bertz CT molecular complexity index is 1810. The molecule has 2 aromatic carbocycles. The Hall–Kier alpha value is -3.45. The van der Waals surface area contributed by atoms with E-state index in [0.717, 1.165) is 107 Å². The molecule has 4 aliphatic heterocycles. The Labute approximate surface area is 282 Å². The van der Waals surface area contributed by atoms with Gasteiger partial charge in [-0.25, -0.2) is 4.79 Å². The van der Waals surface area contributed by atoms with Gasteiger partial charge >= 0.3 is 5.97 Å². The number of para-hydroxylation sites is 2. The molecular weight excluding hydrogens is 633 g/mol. The third-order valence-electron chi connectivity index (χ3n) is 9.27. The van der Waals surface area contributed by atoms with Gasteiger partial charge in [0.25, 0.3) is 0 Å². The van der Waals surface area contributed by atoms with Crippen LogP contribution < -0.4 is 10.6 Å². The van der Waals surface area contributed by atoms with Gasteiger partial charge in [0, 0.05) is 67.2 Å². The van der Waals surface area contributed by atoms with Crippen molar-refractivity contribution >= 4 is 72.8 Å². The number of esters is 1. The number of H-pyrrole nitrogens is 2. The number of nitrogens with zero attached hydrogens (tertiary/aromatic N) is 2. The summed E-state index contributed by atoms with van der Waals surface area (Å²) in [6.45, 7) is 3.55. The summed E-state index contributed by atoms with van der Waals surface area (Å²) in [7, 11) is 0. The molecule has 6 heterocycles. The summed E-state index contributed by atoms with van der Waals surface area (Å²) < 4.78 is 16.7. The van der Waals surface area contributed by atoms with Crippen molar-refractivity contribution in [2.75, 3.05) is 55.2 Å². The summed E-state index contributed by atoms with van der Waals surface area (Å²) in [4.78, 5) is 29.9. The molecule has 47 heavy (non-hydrogen) atoms. The van der Waals surface area contributed by atoms with Gasteiger partial charge < -0.3 is 34.8 Å². The number of anilines is 2. The number of thioether (sulfide) groups is 2. The maximum atomic E-state index is 13.0. The zero-order valence-electron chi connectivity index (χ0n) is 26.3. The average molecular weight is 673 g/mol. The standard InChI is InChI=1S/C35H40N6O4S2/c42-35(30-20-47-34(41-30)29-18-22-4-2-6-27(32(22)40-29)37-24-9-14-44-15-10-24)45-16-11-25-19-46-33(38-25)28-17-21-3-1-5-26(31(21)39-28)36-23-7-12-43-13-8-23/h1-6,17-18,23-25,30,36-37,39-40H,7-16,19-20H2. The van der Waals surface area contributed by atoms with E-state index in [-0.39, 0.29) is 12.0 Å². The van der Waals surface area contributed by atoms with Crippen molar-refractivity contribution in [3.8, 4) is 0 Å². The molecule has 246 valence electrons. The molecule has 0 radical (unpaired) electrons. The molecule has 0 spiro atoms. The van der Waals surface area contributed by atoms with Gasteiger partial charge in [-0.3, -0.25) is 9.98 Å². The molecule has 4 N–H and O–H groups in total. The fourth-order valence-electron chi connectivity index (χ4n) is 6.65. The lowest BCUT2D eigenvalue weighted by Crippen LogP contribution is -2.27. The molecule has 2 fully saturated rings. The third kappa shape index (κ3) is 6.92. The Morgan fingerprint density at radius 2 is 1.34 bits per heavy atom. The van der Waals surface area contributed by atoms with E-state index in [1.807, 2.05) is 0 Å². The van der Waals surface area contributed by atoms with Crippen molar-refractivity contribution in [2.45, 2.75) is 56.3 Å². The van der Waals surface area contributed by atoms with Crippen LogP contribution in [0.4, 0.5) is 11.4 Å². The van der Waals surface area contributed by atoms with Gasteiger partial charge in [-0.1, -0.05) is 24.3 Å². The van der Waals surface area contributed by atoms with Crippen LogP contribution in [0.1, 0.15) is 43.5 Å². The van der Waals surface area contributed by atoms with Crippen LogP contribution in [0, 0.1) is 0 Å². The second-order valence-electron chi connectivity index (χ2n) is 12.6. The van der Waals surface area contributed by atoms with Crippen molar-refractivity contribution in [1.29, 1.82) is 0 Å². The maximum Gasteiger partial charge on any atom is 0.331 e. The van der Waals surface area contributed by atoms with Crippen molar-refractivity contribution in [1.82, 2.24) is 9.97 Å². The monoisotopic (exact) mass is 672 g/mol. The van der Waals surface area contributed by atoms with E-state index in [2.05, 4.69) is 69.1 Å². The highest BCUT2D eigenvalue weighted by Crippen LogP contribution is 2.32. The molecule has 12 heteroatoms. The Balaban J connectivity index is 0.858. The highest BCUT2D eigenvalue weighted by Gasteiger charge is 2.29. The van der Waals surface area contributed by atoms with Gasteiger partial charge in [0.15, 0.2) is 6.04 Å². The minimum absolute atomic E-state index is 0.112. The van der Waals surface area contributed by atoms with E-state index in [0.29, 0.717) is 30.9 Å². The van der Waals surface area contributed by atoms with Crippen LogP contribution in [0.15, 0.2) is 58.5 Å². The number of aromatic nitrogens is 2. The van der Waals surface area contributed by atoms with Gasteiger partial charge in [0.2, 0.25) is 0 Å². The lowest BCUT2D eigenvalue weighted by molar-refractivity contribution is -0.144. The van der Waals surface area contributed by atoms with Crippen LogP contribution >= 0.6 is 23.5 Å². The molecule has 0 bridgehead atoms. The van der Waals surface area contributed by atoms with E-state index in [4.69, 9.17) is 24.2 Å². The number of hydrogen-bond donors (Lipinski definition) is 4. The Morgan fingerprint density at radius 3 is 1.94 bits per heavy atom. The Kier molecular flexibility index (Phi) is 9.16. The molecule has 2 atom stereocenters. The molecule has 2 unspecified atom stereocenters. The number of carbonyl (C=O) groups is 1. The van der Waals surface area contributed by atoms with Crippen molar-refractivity contribution < 1.29 is 19.0 Å². The molecule has 0 amide bonds. The normalized spacial score (nSPS) is 22.5. The van der Waals surface area contributed by atoms with Crippen LogP contribution in [-0.2, 0) is 19.0 Å². The van der Waals surface area contributed by atoms with Gasteiger partial charge in [0.05, 0.1) is 46.4 Å². The number of benzene rings is 2. The second-order valence-corrected chi connectivity index (χ2v) is 14.6. The molecule has 4 aromatic rings. The first kappa shape index (κ1) is 30.9. The minimum Gasteiger partial charge on any atom is -0.464 e. The minimum atomic E-state index is -0.492. The van der Waals surface area contributed by atoms with E-state index >= 15 is 0 Å². The van der Waals surface area contributed by atoms with E-state index < -0.39 is 6.04 Å². The topological polar surface area (TPSA) is 125 Å². The number of nitrogens with one attached hydrogen (secondary N) is 4. The van der Waals surface area contributed by atoms with Crippen LogP contribution in [0.2, 0.25) is 0 Å². The van der Waals surface area contributed by atoms with Crippen molar-refractivity contribution in [3.63, 3.8) is 0 Å². The number of aromatic amines is 2. The highest BCUT2D eigenvalue weighted by atomic mass is 32.2. The molecular formula is C35H40N6O4S2. The lowest BCUT2D eigenvalue weighted by Gasteiger charge is -2.24. The predicted molar refractivity (Wildman–Crippen MR) is 193 cm³/mol. The Morgan fingerprint density at radius 1 is 0.787 bits per heavy atom. The largest absolute Gasteiger partial charge is 0.464 e. The third-order valence-corrected chi connectivity index (χ3v) is 11.5. The quantitative estimate of drug-likeness (QED) is 0.147. The summed E-state index contributed by atoms with van der Waals surface area (Å²) in [5, 5.41) is 11.6. The van der Waals surface area contributed by atoms with Crippen LogP contribution in [0.5, 0.6) is 0 Å². The average Bonchev–Trinajstić information content (AvgIpc) is 3.91. The molecule has 2 saturated heterocycles. The van der Waals surface area contributed by atoms with Gasteiger partial charge in [-0.05, 0) is 49.9 Å². The fraction of sp³-hybridized carbons (Fsp3) is 0.457. The zero-order chi connectivity index (χ0) is 31.6. The summed E-state index contributed by atoms with van der Waals surface area (Å²) in [5.41, 5.74) is 6.38. The van der Waals surface area contributed by atoms with Gasteiger partial charge in [-0.15, -0.1) is 23.5 Å². The lowest BCUT2D eigenvalue weighted by atomic mass is 10.1. The van der Waals surface area contributed by atoms with Crippen molar-refractivity contribution in [3.05, 3.63) is 59.9 Å². The maximum absolute atomic E-state index is 13.0. The van der Waals surface area contributed by atoms with Crippen LogP contribution in [0.25, 0.3) is 21.8 Å². The fourth-order valence-corrected chi connectivity index (χ4v) is 8.73. The molecule has 0 saturated carbocycles. The summed E-state index contributed by atoms with van der Waals surface area (Å²) >= 11 is 3.36. The summed E-state index contributed by atoms with van der Waals surface area (Å²) in [6.07, 6.45) is 4.74. The molecule has 8 rings (SSSR count). The molecule has 0 aliphatic carbocycles. The predicted octanol–water partition coefficient (Wildman–Crippen LogP) is 6.19. The highest BCUT2D eigenvalue weighted by molar-refractivity contribution is 8.15. The smallest absolute Gasteiger partial charge is 0.331 e. The number of ether oxygens (including phenoxy) is 3. The number of carbonyl (C=O) groups excluding carboxylic acids is 1. The first-order valence-corrected chi connectivity index (χ1v) is 18.6. The molecule has 4 aliphatic rings. The number of fused-ring (bicyclic) bond motifs is 2. The first-order chi connectivity index (χ1) is 23.2. The van der Waals surface area contributed by atoms with E-state index in [1.54, 1.807) is 23.5 Å². The van der Waals surface area contributed by atoms with Gasteiger partial charge in [0.1, 0.15) is 10.1 Å². The molecule has 2 aromatic heterocycles. The first-order valence-electron chi connectivity index (χ1n) is 16.7. The van der Waals surface area contributed by atoms with E-state index in [1.165, 1.54) is 5.39 Å². The summed E-state index contributed by atoms with van der Waals surface area (Å²) in [6, 6.07) is 17.4. The SMILES string of the molecule is O=C(OCCC1CSC(c2cc3cccc(NC4CCOCC4)c3[nH]2)=N1)C1CSC(c2cc3cccc(NC4CCOCC4)c3[nH]2)=N1. The van der Waals surface area contributed by atoms with E-state index in [9.17, 15) is 4.79 Å². The zero-order valence-corrected chi connectivity index (χ0v) is 27.9. The second kappa shape index (κ2) is 14.0. The number of hydrogen-bond acceptors (Lipinski definition) is 10. The number of aliphatic imine (C=N–C) groups is 2. The summed E-state index contributed by atoms with van der Waals surface area (Å²) in [5.74, 6) is 1.20. The molecule has 10 nitrogen and oxygen atoms in total.